The van der Waals surface area contributed by atoms with Gasteiger partial charge in [-0.05, 0) is 59.8 Å². The van der Waals surface area contributed by atoms with Crippen LogP contribution < -0.4 is 5.32 Å². The largest absolute Gasteiger partial charge is 0.320 e. The summed E-state index contributed by atoms with van der Waals surface area (Å²) in [5.74, 6) is -0.636. The molecule has 3 nitrogen and oxygen atoms in total. The molecule has 1 amide bonds. The van der Waals surface area contributed by atoms with E-state index in [1.54, 1.807) is 0 Å². The van der Waals surface area contributed by atoms with E-state index in [0.29, 0.717) is 14.8 Å². The van der Waals surface area contributed by atoms with Crippen molar-refractivity contribution in [2.45, 2.75) is 6.92 Å². The minimum absolute atomic E-state index is 0.278. The first-order chi connectivity index (χ1) is 10.5. The van der Waals surface area contributed by atoms with Crippen LogP contribution in [0.1, 0.15) is 16.1 Å². The zero-order chi connectivity index (χ0) is 15.7. The van der Waals surface area contributed by atoms with E-state index in [2.05, 4.69) is 10.3 Å². The molecule has 3 aromatic rings. The second kappa shape index (κ2) is 6.00. The molecule has 22 heavy (non-hydrogen) atoms. The van der Waals surface area contributed by atoms with Gasteiger partial charge in [0.25, 0.3) is 5.91 Å². The van der Waals surface area contributed by atoms with Crippen molar-refractivity contribution in [3.8, 4) is 0 Å². The van der Waals surface area contributed by atoms with Crippen LogP contribution in [-0.2, 0) is 0 Å². The Morgan fingerprint density at radius 2 is 2.00 bits per heavy atom. The highest BCUT2D eigenvalue weighted by molar-refractivity contribution is 14.1. The number of aryl methyl sites for hydroxylation is 1. The van der Waals surface area contributed by atoms with Gasteiger partial charge in [0.2, 0.25) is 0 Å². The molecule has 1 N–H and O–H groups in total. The van der Waals surface area contributed by atoms with Gasteiger partial charge in [0, 0.05) is 14.7 Å². The number of anilines is 1. The lowest BCUT2D eigenvalue weighted by Crippen LogP contribution is -2.14. The second-order valence-corrected chi connectivity index (χ2v) is 6.07. The zero-order valence-corrected chi connectivity index (χ0v) is 13.9. The van der Waals surface area contributed by atoms with E-state index in [1.807, 2.05) is 59.8 Å². The minimum Gasteiger partial charge on any atom is -0.320 e. The minimum atomic E-state index is -0.358. The molecule has 0 aliphatic rings. The van der Waals surface area contributed by atoms with Crippen molar-refractivity contribution >= 4 is 45.1 Å². The summed E-state index contributed by atoms with van der Waals surface area (Å²) in [6.07, 6.45) is 0. The Kier molecular flexibility index (Phi) is 4.06. The molecule has 0 unspecified atom stereocenters. The Morgan fingerprint density at radius 3 is 2.77 bits per heavy atom. The number of hydrogen-bond donors (Lipinski definition) is 1. The van der Waals surface area contributed by atoms with Crippen molar-refractivity contribution in [2.24, 2.45) is 0 Å². The topological polar surface area (TPSA) is 42.0 Å². The van der Waals surface area contributed by atoms with E-state index in [1.165, 1.54) is 18.2 Å². The fraction of sp³-hybridized carbons (Fsp3) is 0.0588. The van der Waals surface area contributed by atoms with Crippen LogP contribution in [0.2, 0.25) is 0 Å². The SMILES string of the molecule is Cc1ccc2cccc(NC(=O)c3ccc(F)cc3I)c2n1. The first-order valence-corrected chi connectivity index (χ1v) is 7.75. The van der Waals surface area contributed by atoms with Gasteiger partial charge >= 0.3 is 0 Å². The van der Waals surface area contributed by atoms with E-state index in [-0.39, 0.29) is 11.7 Å². The Hall–Kier alpha value is -2.02. The molecule has 5 heteroatoms. The van der Waals surface area contributed by atoms with Crippen LogP contribution in [0.25, 0.3) is 10.9 Å². The fourth-order valence-corrected chi connectivity index (χ4v) is 2.93. The molecule has 0 saturated heterocycles. The average Bonchev–Trinajstić information content (AvgIpc) is 2.47. The number of hydrogen-bond acceptors (Lipinski definition) is 2. The summed E-state index contributed by atoms with van der Waals surface area (Å²) in [7, 11) is 0. The van der Waals surface area contributed by atoms with Gasteiger partial charge in [0.15, 0.2) is 0 Å². The van der Waals surface area contributed by atoms with Crippen molar-refractivity contribution in [1.29, 1.82) is 0 Å². The number of aromatic nitrogens is 1. The molecule has 0 fully saturated rings. The van der Waals surface area contributed by atoms with Gasteiger partial charge in [0.1, 0.15) is 5.82 Å². The summed E-state index contributed by atoms with van der Waals surface area (Å²) < 4.78 is 13.7. The standard InChI is InChI=1S/C17H12FIN2O/c1-10-5-6-11-3-2-4-15(16(11)20-10)21-17(22)13-8-7-12(18)9-14(13)19/h2-9H,1H3,(H,21,22). The number of carbonyl (C=O) groups is 1. The predicted molar refractivity (Wildman–Crippen MR) is 93.6 cm³/mol. The summed E-state index contributed by atoms with van der Waals surface area (Å²) in [5, 5.41) is 3.82. The lowest BCUT2D eigenvalue weighted by atomic mass is 10.1. The summed E-state index contributed by atoms with van der Waals surface area (Å²) >= 11 is 1.95. The maximum absolute atomic E-state index is 13.1. The summed E-state index contributed by atoms with van der Waals surface area (Å²) in [4.78, 5) is 16.9. The number of carbonyl (C=O) groups excluding carboxylic acids is 1. The van der Waals surface area contributed by atoms with E-state index in [0.717, 1.165) is 16.6 Å². The maximum atomic E-state index is 13.1. The Morgan fingerprint density at radius 1 is 1.18 bits per heavy atom. The number of para-hydroxylation sites is 1. The van der Waals surface area contributed by atoms with E-state index in [9.17, 15) is 9.18 Å². The van der Waals surface area contributed by atoms with Crippen LogP contribution in [0.4, 0.5) is 10.1 Å². The number of halogens is 2. The summed E-state index contributed by atoms with van der Waals surface area (Å²) in [5.41, 5.74) is 2.71. The smallest absolute Gasteiger partial charge is 0.256 e. The van der Waals surface area contributed by atoms with Crippen molar-refractivity contribution in [2.75, 3.05) is 5.32 Å². The molecule has 0 aliphatic heterocycles. The number of pyridine rings is 1. The first kappa shape index (κ1) is 14.9. The van der Waals surface area contributed by atoms with Gasteiger partial charge in [-0.1, -0.05) is 18.2 Å². The van der Waals surface area contributed by atoms with E-state index in [4.69, 9.17) is 0 Å². The molecule has 0 atom stereocenters. The monoisotopic (exact) mass is 406 g/mol. The highest BCUT2D eigenvalue weighted by atomic mass is 127. The van der Waals surface area contributed by atoms with Crippen LogP contribution in [0, 0.1) is 16.3 Å². The third-order valence-electron chi connectivity index (χ3n) is 3.28. The van der Waals surface area contributed by atoms with Gasteiger partial charge in [-0.15, -0.1) is 0 Å². The van der Waals surface area contributed by atoms with Gasteiger partial charge in [-0.2, -0.15) is 0 Å². The number of nitrogens with zero attached hydrogens (tertiary/aromatic N) is 1. The van der Waals surface area contributed by atoms with Crippen LogP contribution in [-0.4, -0.2) is 10.9 Å². The lowest BCUT2D eigenvalue weighted by Gasteiger charge is -2.10. The van der Waals surface area contributed by atoms with Crippen LogP contribution >= 0.6 is 22.6 Å². The summed E-state index contributed by atoms with van der Waals surface area (Å²) in [6.45, 7) is 1.90. The average molecular weight is 406 g/mol. The Bertz CT molecular complexity index is 880. The normalized spacial score (nSPS) is 10.7. The molecular formula is C17H12FIN2O. The highest BCUT2D eigenvalue weighted by Crippen LogP contribution is 2.23. The predicted octanol–water partition coefficient (Wildman–Crippen LogP) is 4.54. The number of nitrogens with one attached hydrogen (secondary N) is 1. The van der Waals surface area contributed by atoms with Gasteiger partial charge in [0.05, 0.1) is 16.8 Å². The van der Waals surface area contributed by atoms with Crippen LogP contribution in [0.3, 0.4) is 0 Å². The molecule has 1 aromatic heterocycles. The third kappa shape index (κ3) is 2.94. The van der Waals surface area contributed by atoms with E-state index >= 15 is 0 Å². The number of amides is 1. The summed E-state index contributed by atoms with van der Waals surface area (Å²) in [6, 6.07) is 13.6. The van der Waals surface area contributed by atoms with Crippen LogP contribution in [0.5, 0.6) is 0 Å². The van der Waals surface area contributed by atoms with Crippen molar-refractivity contribution in [1.82, 2.24) is 4.98 Å². The molecule has 3 rings (SSSR count). The molecule has 0 aliphatic carbocycles. The van der Waals surface area contributed by atoms with Crippen molar-refractivity contribution < 1.29 is 9.18 Å². The van der Waals surface area contributed by atoms with E-state index < -0.39 is 0 Å². The van der Waals surface area contributed by atoms with Crippen molar-refractivity contribution in [3.63, 3.8) is 0 Å². The first-order valence-electron chi connectivity index (χ1n) is 6.67. The molecule has 1 heterocycles. The number of fused-ring (bicyclic) bond motifs is 1. The molecule has 0 spiro atoms. The quantitative estimate of drug-likeness (QED) is 0.636. The molecular weight excluding hydrogens is 394 g/mol. The number of rotatable bonds is 2. The molecule has 0 bridgehead atoms. The fourth-order valence-electron chi connectivity index (χ4n) is 2.21. The molecule has 0 saturated carbocycles. The molecule has 2 aromatic carbocycles. The Balaban J connectivity index is 1.99. The lowest BCUT2D eigenvalue weighted by molar-refractivity contribution is 0.102. The van der Waals surface area contributed by atoms with Gasteiger partial charge in [-0.3, -0.25) is 9.78 Å². The third-order valence-corrected chi connectivity index (χ3v) is 4.18. The van der Waals surface area contributed by atoms with Crippen molar-refractivity contribution in [3.05, 3.63) is 69.2 Å². The van der Waals surface area contributed by atoms with Gasteiger partial charge in [-0.25, -0.2) is 4.39 Å². The second-order valence-electron chi connectivity index (χ2n) is 4.91. The zero-order valence-electron chi connectivity index (χ0n) is 11.7. The van der Waals surface area contributed by atoms with Crippen LogP contribution in [0.15, 0.2) is 48.5 Å². The highest BCUT2D eigenvalue weighted by Gasteiger charge is 2.13. The maximum Gasteiger partial charge on any atom is 0.256 e. The number of benzene rings is 2. The molecule has 110 valence electrons. The Labute approximate surface area is 140 Å². The van der Waals surface area contributed by atoms with Gasteiger partial charge < -0.3 is 5.32 Å². The molecule has 0 radical (unpaired) electrons.